The van der Waals surface area contributed by atoms with Crippen molar-refractivity contribution >= 4 is 17.1 Å². The first-order chi connectivity index (χ1) is 9.49. The molecule has 6 heteroatoms. The Labute approximate surface area is 115 Å². The van der Waals surface area contributed by atoms with Crippen LogP contribution < -0.4 is 10.6 Å². The number of para-hydroxylation sites is 1. The normalized spacial score (nSPS) is 10.3. The standard InChI is InChI=1S/C14H14FN3O2/c1-17(14-5-3-2-4-12(14)15)9-10-8-11(18(19)20)6-7-13(10)16/h2-8H,9,16H2,1H3. The van der Waals surface area contributed by atoms with Gasteiger partial charge in [0.15, 0.2) is 0 Å². The fraction of sp³-hybridized carbons (Fsp3) is 0.143. The molecular weight excluding hydrogens is 261 g/mol. The van der Waals surface area contributed by atoms with E-state index < -0.39 is 4.92 Å². The predicted molar refractivity (Wildman–Crippen MR) is 76.0 cm³/mol. The summed E-state index contributed by atoms with van der Waals surface area (Å²) in [6.07, 6.45) is 0. The molecule has 0 radical (unpaired) electrons. The lowest BCUT2D eigenvalue weighted by Gasteiger charge is -2.20. The largest absolute Gasteiger partial charge is 0.398 e. The molecule has 0 fully saturated rings. The SMILES string of the molecule is CN(Cc1cc([N+](=O)[O-])ccc1N)c1ccccc1F. The fourth-order valence-electron chi connectivity index (χ4n) is 1.94. The van der Waals surface area contributed by atoms with Crippen molar-refractivity contribution < 1.29 is 9.31 Å². The van der Waals surface area contributed by atoms with Crippen LogP contribution >= 0.6 is 0 Å². The highest BCUT2D eigenvalue weighted by atomic mass is 19.1. The number of nitrogen functional groups attached to an aromatic ring is 1. The van der Waals surface area contributed by atoms with E-state index in [9.17, 15) is 14.5 Å². The summed E-state index contributed by atoms with van der Waals surface area (Å²) in [5.41, 5.74) is 7.23. The fourth-order valence-corrected chi connectivity index (χ4v) is 1.94. The van der Waals surface area contributed by atoms with Crippen molar-refractivity contribution in [1.82, 2.24) is 0 Å². The zero-order chi connectivity index (χ0) is 14.7. The summed E-state index contributed by atoms with van der Waals surface area (Å²) in [4.78, 5) is 11.9. The molecule has 0 atom stereocenters. The van der Waals surface area contributed by atoms with Gasteiger partial charge >= 0.3 is 0 Å². The molecule has 0 heterocycles. The Balaban J connectivity index is 2.28. The third-order valence-electron chi connectivity index (χ3n) is 3.01. The second-order valence-corrected chi connectivity index (χ2v) is 4.45. The minimum atomic E-state index is -0.480. The number of nitro groups is 1. The molecule has 20 heavy (non-hydrogen) atoms. The van der Waals surface area contributed by atoms with E-state index >= 15 is 0 Å². The van der Waals surface area contributed by atoms with E-state index in [1.165, 1.54) is 24.3 Å². The van der Waals surface area contributed by atoms with E-state index in [-0.39, 0.29) is 18.0 Å². The number of nitrogens with two attached hydrogens (primary N) is 1. The molecule has 2 N–H and O–H groups in total. The van der Waals surface area contributed by atoms with Gasteiger partial charge in [-0.05, 0) is 18.2 Å². The average Bonchev–Trinajstić information content (AvgIpc) is 2.41. The second-order valence-electron chi connectivity index (χ2n) is 4.45. The number of halogens is 1. The van der Waals surface area contributed by atoms with Gasteiger partial charge in [-0.1, -0.05) is 12.1 Å². The molecule has 0 amide bonds. The molecule has 0 aliphatic carbocycles. The summed E-state index contributed by atoms with van der Waals surface area (Å²) in [5.74, 6) is -0.348. The maximum absolute atomic E-state index is 13.7. The molecule has 0 unspecified atom stereocenters. The third kappa shape index (κ3) is 2.85. The first kappa shape index (κ1) is 13.8. The monoisotopic (exact) mass is 275 g/mol. The molecule has 2 rings (SSSR count). The van der Waals surface area contributed by atoms with Crippen molar-refractivity contribution in [1.29, 1.82) is 0 Å². The predicted octanol–water partition coefficient (Wildman–Crippen LogP) is 2.95. The van der Waals surface area contributed by atoms with Crippen LogP contribution in [0.15, 0.2) is 42.5 Å². The summed E-state index contributed by atoms with van der Waals surface area (Å²) in [5, 5.41) is 10.8. The molecule has 2 aromatic rings. The minimum absolute atomic E-state index is 0.0314. The summed E-state index contributed by atoms with van der Waals surface area (Å²) < 4.78 is 13.7. The van der Waals surface area contributed by atoms with E-state index in [1.54, 1.807) is 30.1 Å². The lowest BCUT2D eigenvalue weighted by molar-refractivity contribution is -0.384. The number of anilines is 2. The van der Waals surface area contributed by atoms with Gasteiger partial charge in [-0.15, -0.1) is 0 Å². The molecule has 0 saturated carbocycles. The van der Waals surface area contributed by atoms with Gasteiger partial charge in [-0.2, -0.15) is 0 Å². The molecule has 2 aromatic carbocycles. The average molecular weight is 275 g/mol. The number of non-ortho nitro benzene ring substituents is 1. The lowest BCUT2D eigenvalue weighted by Crippen LogP contribution is -2.18. The topological polar surface area (TPSA) is 72.4 Å². The second kappa shape index (κ2) is 5.56. The number of nitrogens with zero attached hydrogens (tertiary/aromatic N) is 2. The molecule has 0 aliphatic rings. The molecule has 5 nitrogen and oxygen atoms in total. The highest BCUT2D eigenvalue weighted by molar-refractivity contribution is 5.55. The van der Waals surface area contributed by atoms with Crippen molar-refractivity contribution in [2.24, 2.45) is 0 Å². The Bertz CT molecular complexity index is 646. The first-order valence-electron chi connectivity index (χ1n) is 5.97. The van der Waals surface area contributed by atoms with E-state index in [0.29, 0.717) is 16.9 Å². The van der Waals surface area contributed by atoms with Gasteiger partial charge in [-0.3, -0.25) is 10.1 Å². The van der Waals surface area contributed by atoms with Crippen LogP contribution in [0.1, 0.15) is 5.56 Å². The Hall–Kier alpha value is -2.63. The molecule has 0 aliphatic heterocycles. The van der Waals surface area contributed by atoms with Crippen LogP contribution in [-0.4, -0.2) is 12.0 Å². The number of rotatable bonds is 4. The molecule has 0 bridgehead atoms. The van der Waals surface area contributed by atoms with Crippen molar-refractivity contribution in [3.05, 3.63) is 64.0 Å². The van der Waals surface area contributed by atoms with Crippen molar-refractivity contribution in [3.63, 3.8) is 0 Å². The summed E-state index contributed by atoms with van der Waals surface area (Å²) in [6.45, 7) is 0.286. The van der Waals surface area contributed by atoms with Crippen LogP contribution in [-0.2, 0) is 6.54 Å². The third-order valence-corrected chi connectivity index (χ3v) is 3.01. The van der Waals surface area contributed by atoms with Gasteiger partial charge in [0.2, 0.25) is 0 Å². The maximum Gasteiger partial charge on any atom is 0.269 e. The molecular formula is C14H14FN3O2. The van der Waals surface area contributed by atoms with Crippen LogP contribution in [0.4, 0.5) is 21.5 Å². The highest BCUT2D eigenvalue weighted by Crippen LogP contribution is 2.24. The van der Waals surface area contributed by atoms with E-state index in [2.05, 4.69) is 0 Å². The quantitative estimate of drug-likeness (QED) is 0.529. The van der Waals surface area contributed by atoms with Crippen LogP contribution in [0.25, 0.3) is 0 Å². The lowest BCUT2D eigenvalue weighted by atomic mass is 10.1. The van der Waals surface area contributed by atoms with E-state index in [4.69, 9.17) is 5.73 Å². The molecule has 0 aromatic heterocycles. The van der Waals surface area contributed by atoms with Crippen molar-refractivity contribution in [2.75, 3.05) is 17.7 Å². The van der Waals surface area contributed by atoms with Crippen LogP contribution in [0.3, 0.4) is 0 Å². The number of benzene rings is 2. The number of hydrogen-bond acceptors (Lipinski definition) is 4. The van der Waals surface area contributed by atoms with Crippen LogP contribution in [0.2, 0.25) is 0 Å². The summed E-state index contributed by atoms with van der Waals surface area (Å²) >= 11 is 0. The van der Waals surface area contributed by atoms with Crippen molar-refractivity contribution in [3.8, 4) is 0 Å². The van der Waals surface area contributed by atoms with Gasteiger partial charge in [0.05, 0.1) is 10.6 Å². The number of hydrogen-bond donors (Lipinski definition) is 1. The van der Waals surface area contributed by atoms with Crippen LogP contribution in [0.5, 0.6) is 0 Å². The van der Waals surface area contributed by atoms with Crippen LogP contribution in [0, 0.1) is 15.9 Å². The first-order valence-corrected chi connectivity index (χ1v) is 5.97. The Morgan fingerprint density at radius 3 is 2.65 bits per heavy atom. The smallest absolute Gasteiger partial charge is 0.269 e. The zero-order valence-corrected chi connectivity index (χ0v) is 10.9. The summed E-state index contributed by atoms with van der Waals surface area (Å²) in [6, 6.07) is 10.6. The van der Waals surface area contributed by atoms with Gasteiger partial charge in [-0.25, -0.2) is 4.39 Å². The van der Waals surface area contributed by atoms with E-state index in [1.807, 2.05) is 0 Å². The number of nitro benzene ring substituents is 1. The minimum Gasteiger partial charge on any atom is -0.398 e. The Morgan fingerprint density at radius 2 is 2.00 bits per heavy atom. The highest BCUT2D eigenvalue weighted by Gasteiger charge is 2.13. The molecule has 0 spiro atoms. The zero-order valence-electron chi connectivity index (χ0n) is 10.9. The van der Waals surface area contributed by atoms with E-state index in [0.717, 1.165) is 0 Å². The molecule has 104 valence electrons. The molecule has 0 saturated heterocycles. The Kier molecular flexibility index (Phi) is 3.84. The van der Waals surface area contributed by atoms with Crippen molar-refractivity contribution in [2.45, 2.75) is 6.54 Å². The Morgan fingerprint density at radius 1 is 1.30 bits per heavy atom. The van der Waals surface area contributed by atoms with Gasteiger partial charge in [0, 0.05) is 37.0 Å². The van der Waals surface area contributed by atoms with Gasteiger partial charge in [0.25, 0.3) is 5.69 Å². The maximum atomic E-state index is 13.7. The van der Waals surface area contributed by atoms with Gasteiger partial charge < -0.3 is 10.6 Å². The summed E-state index contributed by atoms with van der Waals surface area (Å²) in [7, 11) is 1.71. The van der Waals surface area contributed by atoms with Gasteiger partial charge in [0.1, 0.15) is 5.82 Å².